The molecule has 0 radical (unpaired) electrons. The second-order valence-electron chi connectivity index (χ2n) is 4.22. The van der Waals surface area contributed by atoms with Crippen LogP contribution in [-0.4, -0.2) is 27.0 Å². The van der Waals surface area contributed by atoms with E-state index in [4.69, 9.17) is 5.73 Å². The number of hydrogen-bond donors (Lipinski definition) is 2. The van der Waals surface area contributed by atoms with Crippen LogP contribution < -0.4 is 10.5 Å². The van der Waals surface area contributed by atoms with E-state index in [1.54, 1.807) is 11.4 Å². The van der Waals surface area contributed by atoms with E-state index in [1.807, 2.05) is 11.8 Å². The fourth-order valence-electron chi connectivity index (χ4n) is 1.73. The van der Waals surface area contributed by atoms with Gasteiger partial charge in [-0.25, -0.2) is 13.1 Å². The molecule has 0 unspecified atom stereocenters. The molecule has 0 spiro atoms. The molecule has 0 atom stereocenters. The van der Waals surface area contributed by atoms with E-state index in [0.29, 0.717) is 16.3 Å². The fourth-order valence-corrected chi connectivity index (χ4v) is 4.63. The fraction of sp³-hybridized carbons (Fsp3) is 0.667. The number of thioether (sulfide) groups is 1. The van der Waals surface area contributed by atoms with E-state index >= 15 is 0 Å². The number of rotatable bonds is 10. The molecule has 0 saturated heterocycles. The quantitative estimate of drug-likeness (QED) is 0.649. The summed E-state index contributed by atoms with van der Waals surface area (Å²) in [5.74, 6) is 1.18. The Kier molecular flexibility index (Phi) is 8.01. The van der Waals surface area contributed by atoms with Gasteiger partial charge in [-0.1, -0.05) is 12.8 Å². The maximum atomic E-state index is 12.0. The van der Waals surface area contributed by atoms with Crippen molar-refractivity contribution in [3.8, 4) is 0 Å². The van der Waals surface area contributed by atoms with Gasteiger partial charge in [-0.2, -0.15) is 11.8 Å². The average Bonchev–Trinajstić information content (AvgIpc) is 2.87. The van der Waals surface area contributed by atoms with Crippen LogP contribution in [0.2, 0.25) is 0 Å². The first-order chi connectivity index (χ1) is 9.11. The standard InChI is InChI=1S/C12H22N2O2S3/c1-17-8-5-3-2-4-7-14-19(15,16)12-6-9-18-11(12)10-13/h6,9,14H,2-5,7-8,10,13H2,1H3. The van der Waals surface area contributed by atoms with Gasteiger partial charge >= 0.3 is 0 Å². The van der Waals surface area contributed by atoms with Crippen molar-refractivity contribution in [2.24, 2.45) is 5.73 Å². The summed E-state index contributed by atoms with van der Waals surface area (Å²) in [5, 5.41) is 1.76. The van der Waals surface area contributed by atoms with Crippen LogP contribution in [0.25, 0.3) is 0 Å². The number of hydrogen-bond acceptors (Lipinski definition) is 5. The summed E-state index contributed by atoms with van der Waals surface area (Å²) in [6, 6.07) is 1.62. The number of thiophene rings is 1. The average molecular weight is 323 g/mol. The van der Waals surface area contributed by atoms with E-state index in [1.165, 1.54) is 23.5 Å². The van der Waals surface area contributed by atoms with Crippen molar-refractivity contribution >= 4 is 33.1 Å². The summed E-state index contributed by atoms with van der Waals surface area (Å²) in [5.41, 5.74) is 5.53. The first-order valence-corrected chi connectivity index (χ1v) is 10.1. The molecule has 1 aromatic heterocycles. The molecule has 19 heavy (non-hydrogen) atoms. The Hall–Kier alpha value is -0.0800. The van der Waals surface area contributed by atoms with Gasteiger partial charge in [-0.05, 0) is 36.3 Å². The Labute approximate surface area is 124 Å². The first-order valence-electron chi connectivity index (χ1n) is 6.37. The van der Waals surface area contributed by atoms with Crippen LogP contribution >= 0.6 is 23.1 Å². The lowest BCUT2D eigenvalue weighted by molar-refractivity contribution is 0.573. The summed E-state index contributed by atoms with van der Waals surface area (Å²) in [4.78, 5) is 1.05. The van der Waals surface area contributed by atoms with Crippen molar-refractivity contribution < 1.29 is 8.42 Å². The van der Waals surface area contributed by atoms with Gasteiger partial charge in [0.2, 0.25) is 10.0 Å². The van der Waals surface area contributed by atoms with E-state index in [-0.39, 0.29) is 6.54 Å². The highest BCUT2D eigenvalue weighted by Crippen LogP contribution is 2.21. The van der Waals surface area contributed by atoms with E-state index in [2.05, 4.69) is 11.0 Å². The molecule has 0 saturated carbocycles. The highest BCUT2D eigenvalue weighted by atomic mass is 32.2. The van der Waals surface area contributed by atoms with Gasteiger partial charge in [0.1, 0.15) is 0 Å². The molecular formula is C12H22N2O2S3. The lowest BCUT2D eigenvalue weighted by atomic mass is 10.2. The van der Waals surface area contributed by atoms with Crippen molar-refractivity contribution in [1.82, 2.24) is 4.72 Å². The predicted molar refractivity (Wildman–Crippen MR) is 84.2 cm³/mol. The molecule has 110 valence electrons. The molecular weight excluding hydrogens is 300 g/mol. The number of nitrogens with two attached hydrogens (primary N) is 1. The number of sulfonamides is 1. The summed E-state index contributed by atoms with van der Waals surface area (Å²) in [6.07, 6.45) is 6.42. The summed E-state index contributed by atoms with van der Waals surface area (Å²) < 4.78 is 26.7. The normalized spacial score (nSPS) is 11.9. The third-order valence-corrected chi connectivity index (χ3v) is 6.06. The lowest BCUT2D eigenvalue weighted by Crippen LogP contribution is -2.25. The smallest absolute Gasteiger partial charge is 0.241 e. The van der Waals surface area contributed by atoms with Crippen LogP contribution in [-0.2, 0) is 16.6 Å². The van der Waals surface area contributed by atoms with Crippen molar-refractivity contribution in [3.05, 3.63) is 16.3 Å². The zero-order valence-electron chi connectivity index (χ0n) is 11.2. The van der Waals surface area contributed by atoms with Crippen LogP contribution in [0.1, 0.15) is 30.6 Å². The minimum absolute atomic E-state index is 0.266. The molecule has 0 aromatic carbocycles. The topological polar surface area (TPSA) is 72.2 Å². The lowest BCUT2D eigenvalue weighted by Gasteiger charge is -2.06. The molecule has 4 nitrogen and oxygen atoms in total. The van der Waals surface area contributed by atoms with Crippen LogP contribution in [0.15, 0.2) is 16.3 Å². The molecule has 0 aliphatic carbocycles. The monoisotopic (exact) mass is 322 g/mol. The van der Waals surface area contributed by atoms with Gasteiger partial charge in [0.25, 0.3) is 0 Å². The molecule has 0 aliphatic heterocycles. The van der Waals surface area contributed by atoms with Crippen LogP contribution in [0.3, 0.4) is 0 Å². The number of unbranched alkanes of at least 4 members (excludes halogenated alkanes) is 3. The third-order valence-electron chi connectivity index (χ3n) is 2.75. The van der Waals surface area contributed by atoms with Gasteiger partial charge in [0.15, 0.2) is 0 Å². The molecule has 7 heteroatoms. The number of nitrogens with one attached hydrogen (secondary N) is 1. The van der Waals surface area contributed by atoms with E-state index in [9.17, 15) is 8.42 Å². The highest BCUT2D eigenvalue weighted by molar-refractivity contribution is 7.98. The Balaban J connectivity index is 2.32. The molecule has 0 aliphatic rings. The van der Waals surface area contributed by atoms with Crippen molar-refractivity contribution in [2.45, 2.75) is 37.1 Å². The Morgan fingerprint density at radius 2 is 2.05 bits per heavy atom. The predicted octanol–water partition coefficient (Wildman–Crippen LogP) is 2.41. The molecule has 1 rings (SSSR count). The van der Waals surface area contributed by atoms with Gasteiger partial charge in [0, 0.05) is 18.0 Å². The summed E-state index contributed by atoms with van der Waals surface area (Å²) in [7, 11) is -3.38. The van der Waals surface area contributed by atoms with E-state index in [0.717, 1.165) is 19.3 Å². The van der Waals surface area contributed by atoms with E-state index < -0.39 is 10.0 Å². The minimum atomic E-state index is -3.38. The Morgan fingerprint density at radius 3 is 2.74 bits per heavy atom. The van der Waals surface area contributed by atoms with Gasteiger partial charge in [-0.15, -0.1) is 11.3 Å². The van der Waals surface area contributed by atoms with Crippen molar-refractivity contribution in [3.63, 3.8) is 0 Å². The van der Waals surface area contributed by atoms with Crippen LogP contribution in [0, 0.1) is 0 Å². The summed E-state index contributed by atoms with van der Waals surface area (Å²) in [6.45, 7) is 0.768. The molecule has 3 N–H and O–H groups in total. The Morgan fingerprint density at radius 1 is 1.32 bits per heavy atom. The second kappa shape index (κ2) is 8.97. The highest BCUT2D eigenvalue weighted by Gasteiger charge is 2.18. The zero-order chi connectivity index (χ0) is 14.1. The largest absolute Gasteiger partial charge is 0.326 e. The molecule has 1 aromatic rings. The summed E-state index contributed by atoms with van der Waals surface area (Å²) >= 11 is 3.23. The molecule has 0 bridgehead atoms. The SMILES string of the molecule is CSCCCCCCNS(=O)(=O)c1ccsc1CN. The van der Waals surface area contributed by atoms with Crippen LogP contribution in [0.5, 0.6) is 0 Å². The second-order valence-corrected chi connectivity index (χ2v) is 7.94. The first kappa shape index (κ1) is 17.0. The zero-order valence-corrected chi connectivity index (χ0v) is 13.7. The maximum Gasteiger partial charge on any atom is 0.241 e. The van der Waals surface area contributed by atoms with Crippen molar-refractivity contribution in [1.29, 1.82) is 0 Å². The minimum Gasteiger partial charge on any atom is -0.326 e. The molecule has 0 amide bonds. The maximum absolute atomic E-state index is 12.0. The molecule has 0 fully saturated rings. The third kappa shape index (κ3) is 5.83. The Bertz CT molecular complexity index is 457. The van der Waals surface area contributed by atoms with Gasteiger partial charge < -0.3 is 5.73 Å². The molecule has 1 heterocycles. The van der Waals surface area contributed by atoms with Gasteiger partial charge in [-0.3, -0.25) is 0 Å². The van der Waals surface area contributed by atoms with Crippen LogP contribution in [0.4, 0.5) is 0 Å². The van der Waals surface area contributed by atoms with Crippen molar-refractivity contribution in [2.75, 3.05) is 18.6 Å². The van der Waals surface area contributed by atoms with Gasteiger partial charge in [0.05, 0.1) is 4.90 Å².